The van der Waals surface area contributed by atoms with Crippen molar-refractivity contribution >= 4 is 11.7 Å². The molecule has 10 nitrogen and oxygen atoms in total. The smallest absolute Gasteiger partial charge is 0.263 e. The highest BCUT2D eigenvalue weighted by molar-refractivity contribution is 5.96. The molecule has 0 atom stereocenters. The Hall–Kier alpha value is -4.08. The van der Waals surface area contributed by atoms with E-state index in [2.05, 4.69) is 15.2 Å². The van der Waals surface area contributed by atoms with E-state index in [1.807, 2.05) is 32.0 Å². The fourth-order valence-electron chi connectivity index (χ4n) is 3.92. The molecule has 0 fully saturated rings. The number of rotatable bonds is 7. The quantitative estimate of drug-likeness (QED) is 0.323. The van der Waals surface area contributed by atoms with Crippen LogP contribution in [-0.4, -0.2) is 58.8 Å². The summed E-state index contributed by atoms with van der Waals surface area (Å²) in [6.07, 6.45) is 2.32. The maximum Gasteiger partial charge on any atom is 0.263 e. The van der Waals surface area contributed by atoms with Crippen molar-refractivity contribution in [3.8, 4) is 17.3 Å². The van der Waals surface area contributed by atoms with E-state index < -0.39 is 0 Å². The molecule has 0 unspecified atom stereocenters. The van der Waals surface area contributed by atoms with Gasteiger partial charge in [0.1, 0.15) is 0 Å². The van der Waals surface area contributed by atoms with Gasteiger partial charge in [-0.05, 0) is 61.7 Å². The number of amides is 1. The van der Waals surface area contributed by atoms with Crippen molar-refractivity contribution < 1.29 is 19.1 Å². The Morgan fingerprint density at radius 1 is 1.12 bits per heavy atom. The molecular formula is C24H28N6O4. The number of pyridine rings is 1. The van der Waals surface area contributed by atoms with Gasteiger partial charge in [0, 0.05) is 30.5 Å². The number of carbonyl (C=O) groups excluding carboxylic acids is 1. The Morgan fingerprint density at radius 3 is 2.47 bits per heavy atom. The molecule has 1 aliphatic rings. The second-order valence-corrected chi connectivity index (χ2v) is 8.04. The second-order valence-electron chi connectivity index (χ2n) is 8.04. The van der Waals surface area contributed by atoms with Gasteiger partial charge in [0.05, 0.1) is 19.9 Å². The Balaban J connectivity index is 1.35. The molecule has 34 heavy (non-hydrogen) atoms. The van der Waals surface area contributed by atoms with Crippen molar-refractivity contribution in [3.05, 3.63) is 64.6 Å². The monoisotopic (exact) mass is 464 g/mol. The van der Waals surface area contributed by atoms with E-state index in [0.717, 1.165) is 28.9 Å². The highest BCUT2D eigenvalue weighted by atomic mass is 16.6. The summed E-state index contributed by atoms with van der Waals surface area (Å²) in [5.74, 6) is 1.97. The summed E-state index contributed by atoms with van der Waals surface area (Å²) < 4.78 is 12.5. The number of aryl methyl sites for hydroxylation is 2. The van der Waals surface area contributed by atoms with Crippen LogP contribution < -0.4 is 15.2 Å². The third-order valence-corrected chi connectivity index (χ3v) is 5.69. The molecule has 0 bridgehead atoms. The van der Waals surface area contributed by atoms with Gasteiger partial charge in [-0.15, -0.1) is 0 Å². The highest BCUT2D eigenvalue weighted by Crippen LogP contribution is 2.33. The number of aromatic nitrogens is 3. The Labute approximate surface area is 197 Å². The van der Waals surface area contributed by atoms with Crippen molar-refractivity contribution in [2.45, 2.75) is 26.8 Å². The molecule has 1 aromatic carbocycles. The standard InChI is InChI=1S/C24H28N6O4/c1-15-9-16(2)30(27-15)22-6-5-18(12-26-22)24(25)28-34-14-23(31)29-8-7-17-10-20(32-3)21(33-4)11-19(17)13-29/h5-6,9-12H,7-8,13-14H2,1-4H3,(H2,25,28). The van der Waals surface area contributed by atoms with Crippen molar-refractivity contribution in [1.82, 2.24) is 19.7 Å². The van der Waals surface area contributed by atoms with Gasteiger partial charge in [0.25, 0.3) is 5.91 Å². The number of nitrogens with zero attached hydrogens (tertiary/aromatic N) is 5. The van der Waals surface area contributed by atoms with Crippen LogP contribution in [0.5, 0.6) is 11.5 Å². The van der Waals surface area contributed by atoms with E-state index in [-0.39, 0.29) is 18.3 Å². The zero-order valence-corrected chi connectivity index (χ0v) is 19.7. The van der Waals surface area contributed by atoms with Crippen LogP contribution in [0.1, 0.15) is 28.1 Å². The van der Waals surface area contributed by atoms with Gasteiger partial charge in [-0.1, -0.05) is 5.16 Å². The summed E-state index contributed by atoms with van der Waals surface area (Å²) in [4.78, 5) is 24.0. The first-order chi connectivity index (χ1) is 16.4. The van der Waals surface area contributed by atoms with Gasteiger partial charge in [-0.25, -0.2) is 9.67 Å². The van der Waals surface area contributed by atoms with E-state index in [1.54, 1.807) is 42.1 Å². The fourth-order valence-corrected chi connectivity index (χ4v) is 3.92. The minimum absolute atomic E-state index is 0.140. The van der Waals surface area contributed by atoms with E-state index in [0.29, 0.717) is 36.0 Å². The van der Waals surface area contributed by atoms with Crippen LogP contribution in [0.2, 0.25) is 0 Å². The molecule has 1 aliphatic heterocycles. The van der Waals surface area contributed by atoms with E-state index in [9.17, 15) is 4.79 Å². The van der Waals surface area contributed by atoms with E-state index in [1.165, 1.54) is 0 Å². The second kappa shape index (κ2) is 9.82. The molecule has 0 saturated carbocycles. The summed E-state index contributed by atoms with van der Waals surface area (Å²) >= 11 is 0. The maximum absolute atomic E-state index is 12.7. The molecule has 4 rings (SSSR count). The van der Waals surface area contributed by atoms with E-state index in [4.69, 9.17) is 20.0 Å². The first-order valence-corrected chi connectivity index (χ1v) is 10.9. The number of benzene rings is 1. The van der Waals surface area contributed by atoms with Crippen molar-refractivity contribution in [2.24, 2.45) is 10.9 Å². The number of hydrogen-bond donors (Lipinski definition) is 1. The first kappa shape index (κ1) is 23.1. The van der Waals surface area contributed by atoms with Crippen LogP contribution in [0.25, 0.3) is 5.82 Å². The van der Waals surface area contributed by atoms with Crippen molar-refractivity contribution in [2.75, 3.05) is 27.4 Å². The summed E-state index contributed by atoms with van der Waals surface area (Å²) in [6.45, 7) is 4.74. The molecule has 2 aromatic heterocycles. The fraction of sp³-hybridized carbons (Fsp3) is 0.333. The highest BCUT2D eigenvalue weighted by Gasteiger charge is 2.23. The molecule has 0 radical (unpaired) electrons. The Kier molecular flexibility index (Phi) is 6.67. The number of methoxy groups -OCH3 is 2. The Bertz CT molecular complexity index is 1220. The summed E-state index contributed by atoms with van der Waals surface area (Å²) in [5.41, 5.74) is 10.7. The first-order valence-electron chi connectivity index (χ1n) is 10.9. The molecule has 0 aliphatic carbocycles. The lowest BCUT2D eigenvalue weighted by molar-refractivity contribution is -0.137. The minimum atomic E-state index is -0.208. The normalized spacial score (nSPS) is 13.4. The zero-order chi connectivity index (χ0) is 24.2. The van der Waals surface area contributed by atoms with Gasteiger partial charge in [0.2, 0.25) is 0 Å². The van der Waals surface area contributed by atoms with Crippen LogP contribution >= 0.6 is 0 Å². The molecule has 10 heteroatoms. The van der Waals surface area contributed by atoms with Gasteiger partial charge in [0.15, 0.2) is 29.8 Å². The van der Waals surface area contributed by atoms with Crippen LogP contribution in [0.15, 0.2) is 41.7 Å². The van der Waals surface area contributed by atoms with Crippen molar-refractivity contribution in [3.63, 3.8) is 0 Å². The zero-order valence-electron chi connectivity index (χ0n) is 19.7. The molecule has 1 amide bonds. The van der Waals surface area contributed by atoms with Crippen LogP contribution in [0.3, 0.4) is 0 Å². The predicted molar refractivity (Wildman–Crippen MR) is 126 cm³/mol. The molecular weight excluding hydrogens is 436 g/mol. The van der Waals surface area contributed by atoms with Crippen molar-refractivity contribution in [1.29, 1.82) is 0 Å². The number of amidine groups is 1. The van der Waals surface area contributed by atoms with E-state index >= 15 is 0 Å². The lowest BCUT2D eigenvalue weighted by atomic mass is 9.99. The third-order valence-electron chi connectivity index (χ3n) is 5.69. The molecule has 3 heterocycles. The predicted octanol–water partition coefficient (Wildman–Crippen LogP) is 2.12. The molecule has 178 valence electrons. The number of carbonyl (C=O) groups is 1. The SMILES string of the molecule is COc1cc2c(cc1OC)CN(C(=O)CO/N=C(/N)c1ccc(-n3nc(C)cc3C)nc1)CC2. The number of fused-ring (bicyclic) bond motifs is 1. The number of oxime groups is 1. The molecule has 0 spiro atoms. The average Bonchev–Trinajstić information content (AvgIpc) is 3.20. The number of hydrogen-bond acceptors (Lipinski definition) is 7. The van der Waals surface area contributed by atoms with Crippen LogP contribution in [0.4, 0.5) is 0 Å². The third kappa shape index (κ3) is 4.80. The lowest BCUT2D eigenvalue weighted by Gasteiger charge is -2.29. The van der Waals surface area contributed by atoms with Crippen LogP contribution in [0, 0.1) is 13.8 Å². The largest absolute Gasteiger partial charge is 0.493 e. The molecule has 3 aromatic rings. The summed E-state index contributed by atoms with van der Waals surface area (Å²) in [6, 6.07) is 9.44. The van der Waals surface area contributed by atoms with Gasteiger partial charge < -0.3 is 24.9 Å². The average molecular weight is 465 g/mol. The summed E-state index contributed by atoms with van der Waals surface area (Å²) in [5, 5.41) is 8.31. The van der Waals surface area contributed by atoms with Crippen LogP contribution in [-0.2, 0) is 22.6 Å². The lowest BCUT2D eigenvalue weighted by Crippen LogP contribution is -2.38. The number of ether oxygens (including phenoxy) is 2. The maximum atomic E-state index is 12.7. The molecule has 2 N–H and O–H groups in total. The van der Waals surface area contributed by atoms with Gasteiger partial charge in [-0.3, -0.25) is 4.79 Å². The van der Waals surface area contributed by atoms with Gasteiger partial charge >= 0.3 is 0 Å². The van der Waals surface area contributed by atoms with Gasteiger partial charge in [-0.2, -0.15) is 5.10 Å². The molecule has 0 saturated heterocycles. The number of nitrogens with two attached hydrogens (primary N) is 1. The minimum Gasteiger partial charge on any atom is -0.493 e. The Morgan fingerprint density at radius 2 is 1.85 bits per heavy atom. The summed E-state index contributed by atoms with van der Waals surface area (Å²) in [7, 11) is 3.20. The topological polar surface area (TPSA) is 117 Å².